The number of aryl methyl sites for hydroxylation is 1. The summed E-state index contributed by atoms with van der Waals surface area (Å²) in [5, 5.41) is 22.7. The first-order valence-corrected chi connectivity index (χ1v) is 6.59. The van der Waals surface area contributed by atoms with Crippen molar-refractivity contribution in [3.63, 3.8) is 0 Å². The molecule has 9 heteroatoms. The zero-order chi connectivity index (χ0) is 14.7. The van der Waals surface area contributed by atoms with Gasteiger partial charge in [-0.05, 0) is 13.0 Å². The molecule has 1 heterocycles. The van der Waals surface area contributed by atoms with Crippen LogP contribution in [0.1, 0.15) is 5.56 Å². The molecular formula is C12H12ClN4O3S-. The average molecular weight is 328 g/mol. The van der Waals surface area contributed by atoms with Gasteiger partial charge in [0.15, 0.2) is 4.80 Å². The van der Waals surface area contributed by atoms with Gasteiger partial charge in [-0.15, -0.1) is 11.3 Å². The van der Waals surface area contributed by atoms with Crippen molar-refractivity contribution < 1.29 is 22.1 Å². The zero-order valence-corrected chi connectivity index (χ0v) is 12.6. The molecule has 0 atom stereocenters. The Morgan fingerprint density at radius 1 is 1.52 bits per heavy atom. The second-order valence-electron chi connectivity index (χ2n) is 4.14. The fourth-order valence-electron chi connectivity index (χ4n) is 1.67. The second kappa shape index (κ2) is 7.00. The first-order valence-electron chi connectivity index (χ1n) is 5.71. The molecule has 2 N–H and O–H groups in total. The van der Waals surface area contributed by atoms with Crippen LogP contribution in [0.4, 0.5) is 11.4 Å². The van der Waals surface area contributed by atoms with Crippen molar-refractivity contribution in [1.82, 2.24) is 4.57 Å². The number of thiazole rings is 1. The number of carbonyl (C=O) groups is 1. The molecule has 2 aromatic rings. The molecule has 1 aromatic heterocycles. The number of aromatic nitrogens is 1. The second-order valence-corrected chi connectivity index (χ2v) is 5.04. The number of nitro benzene ring substituents is 1. The fraction of sp³-hybridized carbons (Fsp3) is 0.167. The maximum Gasteiger partial charge on any atom is 0.274 e. The van der Waals surface area contributed by atoms with E-state index in [0.29, 0.717) is 11.3 Å². The maximum atomic E-state index is 11.8. The molecule has 0 aliphatic heterocycles. The zero-order valence-electron chi connectivity index (χ0n) is 11.0. The molecule has 0 saturated carbocycles. The SMILES string of the molecule is Cc1ccc(NC(=O)Cn2ccsc2=N)cc1[N+](=O)[O-].[Cl-]. The van der Waals surface area contributed by atoms with Crippen molar-refractivity contribution in [2.24, 2.45) is 0 Å². The summed E-state index contributed by atoms with van der Waals surface area (Å²) in [5.41, 5.74) is 0.871. The Morgan fingerprint density at radius 2 is 2.24 bits per heavy atom. The Kier molecular flexibility index (Phi) is 5.62. The molecule has 0 fully saturated rings. The summed E-state index contributed by atoms with van der Waals surface area (Å²) in [6.45, 7) is 1.64. The lowest BCUT2D eigenvalue weighted by molar-refractivity contribution is -0.385. The quantitative estimate of drug-likeness (QED) is 0.550. The first-order chi connectivity index (χ1) is 9.47. The van der Waals surface area contributed by atoms with Crippen molar-refractivity contribution in [1.29, 1.82) is 5.41 Å². The number of nitrogens with one attached hydrogen (secondary N) is 2. The van der Waals surface area contributed by atoms with Gasteiger partial charge in [-0.2, -0.15) is 0 Å². The van der Waals surface area contributed by atoms with Gasteiger partial charge in [0.2, 0.25) is 5.91 Å². The third-order valence-electron chi connectivity index (χ3n) is 2.68. The van der Waals surface area contributed by atoms with E-state index in [0.717, 1.165) is 0 Å². The van der Waals surface area contributed by atoms with Crippen LogP contribution in [0.25, 0.3) is 0 Å². The summed E-state index contributed by atoms with van der Waals surface area (Å²) in [6, 6.07) is 4.52. The van der Waals surface area contributed by atoms with Crippen molar-refractivity contribution in [3.05, 3.63) is 50.3 Å². The summed E-state index contributed by atoms with van der Waals surface area (Å²) in [6.07, 6.45) is 1.64. The number of anilines is 1. The van der Waals surface area contributed by atoms with Gasteiger partial charge in [0.25, 0.3) is 5.69 Å². The first kappa shape index (κ1) is 16.9. The summed E-state index contributed by atoms with van der Waals surface area (Å²) in [7, 11) is 0. The Balaban J connectivity index is 0.00000220. The van der Waals surface area contributed by atoms with Gasteiger partial charge in [-0.25, -0.2) is 0 Å². The lowest BCUT2D eigenvalue weighted by Crippen LogP contribution is -3.00. The monoisotopic (exact) mass is 327 g/mol. The molecule has 0 bridgehead atoms. The summed E-state index contributed by atoms with van der Waals surface area (Å²) in [4.78, 5) is 22.4. The van der Waals surface area contributed by atoms with Crippen molar-refractivity contribution in [3.8, 4) is 0 Å². The Morgan fingerprint density at radius 3 is 2.81 bits per heavy atom. The number of halogens is 1. The van der Waals surface area contributed by atoms with Crippen LogP contribution in [0, 0.1) is 22.4 Å². The molecule has 0 aliphatic rings. The average Bonchev–Trinajstić information content (AvgIpc) is 2.77. The summed E-state index contributed by atoms with van der Waals surface area (Å²) < 4.78 is 1.49. The molecule has 0 unspecified atom stereocenters. The molecule has 0 aliphatic carbocycles. The molecular weight excluding hydrogens is 316 g/mol. The highest BCUT2D eigenvalue weighted by molar-refractivity contribution is 7.06. The number of hydrogen-bond acceptors (Lipinski definition) is 5. The van der Waals surface area contributed by atoms with Crippen molar-refractivity contribution in [2.45, 2.75) is 13.5 Å². The Bertz CT molecular complexity index is 725. The van der Waals surface area contributed by atoms with Gasteiger partial charge in [-0.1, -0.05) is 6.07 Å². The highest BCUT2D eigenvalue weighted by Crippen LogP contribution is 2.22. The minimum atomic E-state index is -0.486. The van der Waals surface area contributed by atoms with Crippen LogP contribution in [0.2, 0.25) is 0 Å². The number of benzene rings is 1. The van der Waals surface area contributed by atoms with E-state index >= 15 is 0 Å². The normalized spacial score (nSPS) is 9.76. The van der Waals surface area contributed by atoms with Crippen LogP contribution < -0.4 is 22.5 Å². The van der Waals surface area contributed by atoms with E-state index in [1.54, 1.807) is 30.6 Å². The molecule has 0 spiro atoms. The van der Waals surface area contributed by atoms with E-state index in [-0.39, 0.29) is 35.3 Å². The van der Waals surface area contributed by atoms with Crippen LogP contribution in [-0.4, -0.2) is 15.4 Å². The van der Waals surface area contributed by atoms with E-state index in [2.05, 4.69) is 5.32 Å². The van der Waals surface area contributed by atoms with E-state index in [9.17, 15) is 14.9 Å². The number of rotatable bonds is 4. The molecule has 1 aromatic carbocycles. The lowest BCUT2D eigenvalue weighted by Gasteiger charge is -2.06. The standard InChI is InChI=1S/C12H12N4O3S.ClH/c1-8-2-3-9(6-10(8)16(18)19)14-11(17)7-15-4-5-20-12(15)13;/h2-6,13H,7H2,1H3,(H,14,17);1H/p-1. The minimum absolute atomic E-state index is 0. The molecule has 0 radical (unpaired) electrons. The third-order valence-corrected chi connectivity index (χ3v) is 3.40. The third kappa shape index (κ3) is 4.14. The van der Waals surface area contributed by atoms with Gasteiger partial charge < -0.3 is 22.3 Å². The predicted molar refractivity (Wildman–Crippen MR) is 74.6 cm³/mol. The van der Waals surface area contributed by atoms with E-state index in [1.807, 2.05) is 0 Å². The van der Waals surface area contributed by atoms with Crippen LogP contribution >= 0.6 is 11.3 Å². The minimum Gasteiger partial charge on any atom is -1.00 e. The largest absolute Gasteiger partial charge is 1.00 e. The molecule has 7 nitrogen and oxygen atoms in total. The van der Waals surface area contributed by atoms with Crippen molar-refractivity contribution in [2.75, 3.05) is 5.32 Å². The highest BCUT2D eigenvalue weighted by Gasteiger charge is 2.12. The van der Waals surface area contributed by atoms with Gasteiger partial charge in [-0.3, -0.25) is 20.3 Å². The van der Waals surface area contributed by atoms with Crippen LogP contribution in [-0.2, 0) is 11.3 Å². The molecule has 112 valence electrons. The van der Waals surface area contributed by atoms with Crippen molar-refractivity contribution >= 4 is 28.6 Å². The van der Waals surface area contributed by atoms with Gasteiger partial charge in [0, 0.05) is 28.9 Å². The Hall–Kier alpha value is -2.19. The number of nitro groups is 1. The van der Waals surface area contributed by atoms with Gasteiger partial charge in [0.1, 0.15) is 6.54 Å². The predicted octanol–water partition coefficient (Wildman–Crippen LogP) is -1.11. The topological polar surface area (TPSA) is 101 Å². The molecule has 0 saturated heterocycles. The van der Waals surface area contributed by atoms with E-state index in [4.69, 9.17) is 5.41 Å². The molecule has 21 heavy (non-hydrogen) atoms. The molecule has 1 amide bonds. The lowest BCUT2D eigenvalue weighted by atomic mass is 10.2. The number of hydrogen-bond donors (Lipinski definition) is 2. The number of nitrogens with zero attached hydrogens (tertiary/aromatic N) is 2. The van der Waals surface area contributed by atoms with E-state index < -0.39 is 4.92 Å². The summed E-state index contributed by atoms with van der Waals surface area (Å²) in [5.74, 6) is -0.333. The maximum absolute atomic E-state index is 11.8. The highest BCUT2D eigenvalue weighted by atomic mass is 35.5. The number of amides is 1. The fourth-order valence-corrected chi connectivity index (χ4v) is 2.26. The van der Waals surface area contributed by atoms with Crippen LogP contribution in [0.5, 0.6) is 0 Å². The van der Waals surface area contributed by atoms with Gasteiger partial charge in [0.05, 0.1) is 4.92 Å². The molecule has 2 rings (SSSR count). The van der Waals surface area contributed by atoms with Crippen LogP contribution in [0.15, 0.2) is 29.8 Å². The smallest absolute Gasteiger partial charge is 0.274 e. The summed E-state index contributed by atoms with van der Waals surface area (Å²) >= 11 is 1.22. The number of carbonyl (C=O) groups excluding carboxylic acids is 1. The van der Waals surface area contributed by atoms with E-state index in [1.165, 1.54) is 22.0 Å². The Labute approximate surface area is 130 Å². The van der Waals surface area contributed by atoms with Crippen LogP contribution in [0.3, 0.4) is 0 Å². The van der Waals surface area contributed by atoms with Gasteiger partial charge >= 0.3 is 0 Å².